The van der Waals surface area contributed by atoms with Crippen molar-refractivity contribution in [3.05, 3.63) is 48.2 Å². The summed E-state index contributed by atoms with van der Waals surface area (Å²) in [5.74, 6) is -0.129. The predicted octanol–water partition coefficient (Wildman–Crippen LogP) is 2.30. The molecule has 0 saturated heterocycles. The summed E-state index contributed by atoms with van der Waals surface area (Å²) in [5, 5.41) is 5.59. The lowest BCUT2D eigenvalue weighted by molar-refractivity contribution is 0.102. The number of nitrogens with one attached hydrogen (secondary N) is 2. The first-order valence-electron chi connectivity index (χ1n) is 5.82. The Kier molecular flexibility index (Phi) is 4.02. The summed E-state index contributed by atoms with van der Waals surface area (Å²) in [6, 6.07) is 5.51. The number of carbonyl (C=O) groups is 1. The fourth-order valence-corrected chi connectivity index (χ4v) is 1.45. The Morgan fingerprint density at radius 2 is 1.95 bits per heavy atom. The van der Waals surface area contributed by atoms with Gasteiger partial charge in [-0.25, -0.2) is 14.4 Å². The van der Waals surface area contributed by atoms with E-state index in [0.717, 1.165) is 6.54 Å². The maximum Gasteiger partial charge on any atom is 0.275 e. The number of anilines is 2. The maximum absolute atomic E-state index is 12.7. The highest BCUT2D eigenvalue weighted by Crippen LogP contribution is 2.10. The van der Waals surface area contributed by atoms with Gasteiger partial charge < -0.3 is 10.6 Å². The van der Waals surface area contributed by atoms with E-state index in [9.17, 15) is 9.18 Å². The van der Waals surface area contributed by atoms with E-state index >= 15 is 0 Å². The van der Waals surface area contributed by atoms with Gasteiger partial charge in [0.05, 0.1) is 12.4 Å². The van der Waals surface area contributed by atoms with Crippen molar-refractivity contribution in [1.82, 2.24) is 9.97 Å². The average Bonchev–Trinajstić information content (AvgIpc) is 2.42. The first-order valence-corrected chi connectivity index (χ1v) is 5.82. The van der Waals surface area contributed by atoms with E-state index in [1.807, 2.05) is 6.92 Å². The summed E-state index contributed by atoms with van der Waals surface area (Å²) in [7, 11) is 0. The molecule has 0 aliphatic rings. The normalized spacial score (nSPS) is 10.0. The molecule has 19 heavy (non-hydrogen) atoms. The molecule has 98 valence electrons. The number of halogens is 1. The Morgan fingerprint density at radius 3 is 2.53 bits per heavy atom. The predicted molar refractivity (Wildman–Crippen MR) is 70.5 cm³/mol. The van der Waals surface area contributed by atoms with Gasteiger partial charge in [-0.1, -0.05) is 0 Å². The van der Waals surface area contributed by atoms with Crippen LogP contribution >= 0.6 is 0 Å². The molecule has 1 aromatic carbocycles. The van der Waals surface area contributed by atoms with Crippen LogP contribution in [-0.4, -0.2) is 22.4 Å². The van der Waals surface area contributed by atoms with E-state index in [-0.39, 0.29) is 17.4 Å². The van der Waals surface area contributed by atoms with Crippen LogP contribution in [0, 0.1) is 5.82 Å². The Hall–Kier alpha value is -2.50. The van der Waals surface area contributed by atoms with Crippen LogP contribution in [0.1, 0.15) is 17.4 Å². The zero-order chi connectivity index (χ0) is 13.7. The highest BCUT2D eigenvalue weighted by molar-refractivity contribution is 6.02. The van der Waals surface area contributed by atoms with E-state index in [4.69, 9.17) is 0 Å². The summed E-state index contributed by atoms with van der Waals surface area (Å²) in [6.45, 7) is 2.67. The van der Waals surface area contributed by atoms with E-state index in [2.05, 4.69) is 20.6 Å². The SMILES string of the molecule is CCNc1cnc(C(=O)Nc2ccc(F)cc2)cn1. The monoisotopic (exact) mass is 260 g/mol. The van der Waals surface area contributed by atoms with E-state index in [1.54, 1.807) is 0 Å². The summed E-state index contributed by atoms with van der Waals surface area (Å²) >= 11 is 0. The topological polar surface area (TPSA) is 66.9 Å². The third-order valence-electron chi connectivity index (χ3n) is 2.34. The van der Waals surface area contributed by atoms with E-state index in [1.165, 1.54) is 36.7 Å². The lowest BCUT2D eigenvalue weighted by atomic mass is 10.3. The molecule has 6 heteroatoms. The summed E-state index contributed by atoms with van der Waals surface area (Å²) in [5.41, 5.74) is 0.704. The minimum absolute atomic E-state index is 0.200. The third-order valence-corrected chi connectivity index (χ3v) is 2.34. The molecule has 0 saturated carbocycles. The van der Waals surface area contributed by atoms with Gasteiger partial charge in [-0.3, -0.25) is 4.79 Å². The third kappa shape index (κ3) is 3.48. The molecule has 0 fully saturated rings. The molecule has 0 radical (unpaired) electrons. The number of carbonyl (C=O) groups excluding carboxylic acids is 1. The van der Waals surface area contributed by atoms with Gasteiger partial charge in [0.2, 0.25) is 0 Å². The second-order valence-corrected chi connectivity index (χ2v) is 3.78. The number of rotatable bonds is 4. The number of benzene rings is 1. The van der Waals surface area contributed by atoms with Crippen LogP contribution in [0.3, 0.4) is 0 Å². The summed E-state index contributed by atoms with van der Waals surface area (Å²) in [6.07, 6.45) is 2.87. The molecular weight excluding hydrogens is 247 g/mol. The number of nitrogens with zero attached hydrogens (tertiary/aromatic N) is 2. The van der Waals surface area contributed by atoms with Gasteiger partial charge in [0.1, 0.15) is 17.3 Å². The molecule has 0 aliphatic carbocycles. The van der Waals surface area contributed by atoms with Crippen LogP contribution in [0.25, 0.3) is 0 Å². The molecule has 0 unspecified atom stereocenters. The molecule has 0 spiro atoms. The summed E-state index contributed by atoms with van der Waals surface area (Å²) < 4.78 is 12.7. The second kappa shape index (κ2) is 5.90. The van der Waals surface area contributed by atoms with Crippen LogP contribution in [-0.2, 0) is 0 Å². The average molecular weight is 260 g/mol. The zero-order valence-corrected chi connectivity index (χ0v) is 10.4. The first kappa shape index (κ1) is 12.9. The van der Waals surface area contributed by atoms with Crippen molar-refractivity contribution in [2.45, 2.75) is 6.92 Å². The molecule has 0 aliphatic heterocycles. The fraction of sp³-hybridized carbons (Fsp3) is 0.154. The zero-order valence-electron chi connectivity index (χ0n) is 10.4. The van der Waals surface area contributed by atoms with Crippen LogP contribution in [0.2, 0.25) is 0 Å². The largest absolute Gasteiger partial charge is 0.369 e. The summed E-state index contributed by atoms with van der Waals surface area (Å²) in [4.78, 5) is 19.9. The number of hydrogen-bond donors (Lipinski definition) is 2. The van der Waals surface area contributed by atoms with E-state index in [0.29, 0.717) is 11.5 Å². The number of hydrogen-bond acceptors (Lipinski definition) is 4. The van der Waals surface area contributed by atoms with Crippen LogP contribution in [0.15, 0.2) is 36.7 Å². The van der Waals surface area contributed by atoms with Gasteiger partial charge in [0.25, 0.3) is 5.91 Å². The van der Waals surface area contributed by atoms with Crippen molar-refractivity contribution in [2.75, 3.05) is 17.2 Å². The van der Waals surface area contributed by atoms with Crippen LogP contribution < -0.4 is 10.6 Å². The van der Waals surface area contributed by atoms with E-state index < -0.39 is 0 Å². The van der Waals surface area contributed by atoms with Crippen molar-refractivity contribution >= 4 is 17.4 Å². The lowest BCUT2D eigenvalue weighted by Crippen LogP contribution is -2.14. The van der Waals surface area contributed by atoms with Gasteiger partial charge in [-0.2, -0.15) is 0 Å². The van der Waals surface area contributed by atoms with Gasteiger partial charge in [-0.15, -0.1) is 0 Å². The van der Waals surface area contributed by atoms with Crippen molar-refractivity contribution in [1.29, 1.82) is 0 Å². The minimum Gasteiger partial charge on any atom is -0.369 e. The lowest BCUT2D eigenvalue weighted by Gasteiger charge is -2.05. The molecule has 2 aromatic rings. The van der Waals surface area contributed by atoms with Crippen molar-refractivity contribution in [3.63, 3.8) is 0 Å². The quantitative estimate of drug-likeness (QED) is 0.885. The fourth-order valence-electron chi connectivity index (χ4n) is 1.45. The van der Waals surface area contributed by atoms with Gasteiger partial charge >= 0.3 is 0 Å². The Labute approximate surface area is 109 Å². The highest BCUT2D eigenvalue weighted by atomic mass is 19.1. The molecule has 0 bridgehead atoms. The minimum atomic E-state index is -0.387. The number of amides is 1. The van der Waals surface area contributed by atoms with Crippen molar-refractivity contribution < 1.29 is 9.18 Å². The Bertz CT molecular complexity index is 554. The Balaban J connectivity index is 2.05. The smallest absolute Gasteiger partial charge is 0.275 e. The van der Waals surface area contributed by atoms with Crippen LogP contribution in [0.4, 0.5) is 15.9 Å². The molecule has 2 rings (SSSR count). The maximum atomic E-state index is 12.7. The molecular formula is C13H13FN4O. The molecule has 0 atom stereocenters. The standard InChI is InChI=1S/C13H13FN4O/c1-2-15-12-8-16-11(7-17-12)13(19)18-10-5-3-9(14)4-6-10/h3-8H,2H2,1H3,(H,15,17)(H,18,19). The van der Waals surface area contributed by atoms with Gasteiger partial charge in [-0.05, 0) is 31.2 Å². The second-order valence-electron chi connectivity index (χ2n) is 3.78. The highest BCUT2D eigenvalue weighted by Gasteiger charge is 2.08. The molecule has 1 aromatic heterocycles. The molecule has 5 nitrogen and oxygen atoms in total. The molecule has 1 amide bonds. The van der Waals surface area contributed by atoms with Gasteiger partial charge in [0.15, 0.2) is 0 Å². The molecule has 1 heterocycles. The Morgan fingerprint density at radius 1 is 1.21 bits per heavy atom. The van der Waals surface area contributed by atoms with Crippen molar-refractivity contribution in [2.24, 2.45) is 0 Å². The first-order chi connectivity index (χ1) is 9.19. The number of aromatic nitrogens is 2. The molecule has 2 N–H and O–H groups in total. The van der Waals surface area contributed by atoms with Crippen LogP contribution in [0.5, 0.6) is 0 Å². The van der Waals surface area contributed by atoms with Gasteiger partial charge in [0, 0.05) is 12.2 Å². The van der Waals surface area contributed by atoms with Crippen molar-refractivity contribution in [3.8, 4) is 0 Å².